The molecule has 0 bridgehead atoms. The summed E-state index contributed by atoms with van der Waals surface area (Å²) in [5.41, 5.74) is 4.04. The van der Waals surface area contributed by atoms with E-state index in [2.05, 4.69) is 16.4 Å². The first kappa shape index (κ1) is 15.5. The van der Waals surface area contributed by atoms with Gasteiger partial charge in [0.25, 0.3) is 0 Å². The molecule has 4 rings (SSSR count). The minimum absolute atomic E-state index is 0.628. The van der Waals surface area contributed by atoms with Crippen molar-refractivity contribution in [2.75, 3.05) is 13.1 Å². The van der Waals surface area contributed by atoms with Crippen LogP contribution in [0.4, 0.5) is 0 Å². The van der Waals surface area contributed by atoms with Gasteiger partial charge >= 0.3 is 0 Å². The van der Waals surface area contributed by atoms with Crippen LogP contribution in [0.15, 0.2) is 41.4 Å². The summed E-state index contributed by atoms with van der Waals surface area (Å²) in [7, 11) is 1.97. The SMILES string of the molecule is Cn1nc2c(-c3ccc(Cl)cc3Cl)cccc2c1CC1=NCCN1. The molecule has 0 amide bonds. The van der Waals surface area contributed by atoms with Gasteiger partial charge in [0.2, 0.25) is 0 Å². The van der Waals surface area contributed by atoms with E-state index < -0.39 is 0 Å². The van der Waals surface area contributed by atoms with E-state index in [9.17, 15) is 0 Å². The summed E-state index contributed by atoms with van der Waals surface area (Å²) in [5.74, 6) is 1.02. The Morgan fingerprint density at radius 1 is 1.17 bits per heavy atom. The van der Waals surface area contributed by atoms with Gasteiger partial charge in [0.15, 0.2) is 0 Å². The predicted octanol–water partition coefficient (Wildman–Crippen LogP) is 4.09. The van der Waals surface area contributed by atoms with Crippen molar-refractivity contribution in [2.24, 2.45) is 12.0 Å². The second-order valence-electron chi connectivity index (χ2n) is 5.83. The largest absolute Gasteiger partial charge is 0.372 e. The highest BCUT2D eigenvalue weighted by atomic mass is 35.5. The molecule has 6 heteroatoms. The first-order chi connectivity index (χ1) is 11.6. The Bertz CT molecular complexity index is 959. The quantitative estimate of drug-likeness (QED) is 0.765. The third kappa shape index (κ3) is 2.66. The molecule has 1 aromatic heterocycles. The maximum Gasteiger partial charge on any atom is 0.102 e. The van der Waals surface area contributed by atoms with E-state index in [0.29, 0.717) is 10.0 Å². The fourth-order valence-electron chi connectivity index (χ4n) is 3.13. The summed E-state index contributed by atoms with van der Waals surface area (Å²) in [6.07, 6.45) is 0.755. The fraction of sp³-hybridized carbons (Fsp3) is 0.222. The van der Waals surface area contributed by atoms with E-state index >= 15 is 0 Å². The molecule has 122 valence electrons. The summed E-state index contributed by atoms with van der Waals surface area (Å²) in [6, 6.07) is 11.7. The van der Waals surface area contributed by atoms with Crippen molar-refractivity contribution in [2.45, 2.75) is 6.42 Å². The van der Waals surface area contributed by atoms with Gasteiger partial charge in [-0.05, 0) is 12.1 Å². The van der Waals surface area contributed by atoms with Gasteiger partial charge < -0.3 is 5.32 Å². The summed E-state index contributed by atoms with van der Waals surface area (Å²) in [5, 5.41) is 10.4. The molecule has 2 aromatic carbocycles. The summed E-state index contributed by atoms with van der Waals surface area (Å²) in [4.78, 5) is 4.49. The topological polar surface area (TPSA) is 42.2 Å². The van der Waals surface area contributed by atoms with Gasteiger partial charge in [-0.25, -0.2) is 0 Å². The van der Waals surface area contributed by atoms with E-state index in [1.54, 1.807) is 6.07 Å². The average molecular weight is 359 g/mol. The zero-order valence-corrected chi connectivity index (χ0v) is 14.7. The van der Waals surface area contributed by atoms with Crippen molar-refractivity contribution < 1.29 is 0 Å². The zero-order chi connectivity index (χ0) is 16.7. The molecule has 0 fully saturated rings. The number of aromatic nitrogens is 2. The Morgan fingerprint density at radius 3 is 2.79 bits per heavy atom. The molecular formula is C18H16Cl2N4. The van der Waals surface area contributed by atoms with Crippen LogP contribution < -0.4 is 5.32 Å². The van der Waals surface area contributed by atoms with Crippen molar-refractivity contribution in [3.63, 3.8) is 0 Å². The van der Waals surface area contributed by atoms with Crippen molar-refractivity contribution >= 4 is 39.9 Å². The van der Waals surface area contributed by atoms with Crippen molar-refractivity contribution in [3.05, 3.63) is 52.1 Å². The third-order valence-corrected chi connectivity index (χ3v) is 4.84. The molecule has 0 aliphatic carbocycles. The lowest BCUT2D eigenvalue weighted by atomic mass is 10.0. The minimum Gasteiger partial charge on any atom is -0.372 e. The van der Waals surface area contributed by atoms with Crippen LogP contribution in [0.25, 0.3) is 22.0 Å². The van der Waals surface area contributed by atoms with Gasteiger partial charge in [-0.2, -0.15) is 5.10 Å². The number of fused-ring (bicyclic) bond motifs is 1. The monoisotopic (exact) mass is 358 g/mol. The Labute approximate surface area is 150 Å². The summed E-state index contributed by atoms with van der Waals surface area (Å²) >= 11 is 12.4. The molecule has 4 nitrogen and oxygen atoms in total. The highest BCUT2D eigenvalue weighted by molar-refractivity contribution is 6.36. The van der Waals surface area contributed by atoms with Crippen LogP contribution in [-0.2, 0) is 13.5 Å². The second-order valence-corrected chi connectivity index (χ2v) is 6.67. The Kier molecular flexibility index (Phi) is 3.94. The molecule has 24 heavy (non-hydrogen) atoms. The van der Waals surface area contributed by atoms with E-state index in [4.69, 9.17) is 28.3 Å². The normalized spacial score (nSPS) is 14.0. The van der Waals surface area contributed by atoms with Gasteiger partial charge in [0.05, 0.1) is 12.2 Å². The van der Waals surface area contributed by atoms with E-state index in [1.165, 1.54) is 0 Å². The number of halogens is 2. The number of hydrogen-bond donors (Lipinski definition) is 1. The van der Waals surface area contributed by atoms with Crippen LogP contribution >= 0.6 is 23.2 Å². The molecule has 3 aromatic rings. The number of nitrogens with zero attached hydrogens (tertiary/aromatic N) is 3. The van der Waals surface area contributed by atoms with Crippen molar-refractivity contribution in [1.29, 1.82) is 0 Å². The van der Waals surface area contributed by atoms with Crippen LogP contribution in [0.3, 0.4) is 0 Å². The Balaban J connectivity index is 1.86. The summed E-state index contributed by atoms with van der Waals surface area (Å²) < 4.78 is 1.93. The van der Waals surface area contributed by atoms with Crippen LogP contribution in [0.1, 0.15) is 5.69 Å². The van der Waals surface area contributed by atoms with Crippen molar-refractivity contribution in [1.82, 2.24) is 15.1 Å². The number of amidine groups is 1. The molecule has 1 aliphatic heterocycles. The first-order valence-corrected chi connectivity index (χ1v) is 8.56. The maximum absolute atomic E-state index is 6.40. The van der Waals surface area contributed by atoms with Gasteiger partial charge in [-0.1, -0.05) is 47.5 Å². The van der Waals surface area contributed by atoms with Gasteiger partial charge in [-0.3, -0.25) is 9.67 Å². The zero-order valence-electron chi connectivity index (χ0n) is 13.2. The Hall–Kier alpha value is -2.04. The molecule has 0 radical (unpaired) electrons. The maximum atomic E-state index is 6.40. The molecular weight excluding hydrogens is 343 g/mol. The molecule has 0 saturated heterocycles. The van der Waals surface area contributed by atoms with Crippen LogP contribution in [0, 0.1) is 0 Å². The number of nitrogens with one attached hydrogen (secondary N) is 1. The number of aryl methyl sites for hydroxylation is 1. The average Bonchev–Trinajstić information content (AvgIpc) is 3.17. The number of aliphatic imine (C=N–C) groups is 1. The lowest BCUT2D eigenvalue weighted by molar-refractivity contribution is 0.740. The molecule has 1 aliphatic rings. The molecule has 0 atom stereocenters. The molecule has 2 heterocycles. The summed E-state index contributed by atoms with van der Waals surface area (Å²) in [6.45, 7) is 1.76. The number of hydrogen-bond acceptors (Lipinski definition) is 3. The van der Waals surface area contributed by atoms with Gasteiger partial charge in [-0.15, -0.1) is 0 Å². The fourth-order valence-corrected chi connectivity index (χ4v) is 3.64. The number of benzene rings is 2. The molecule has 0 unspecified atom stereocenters. The van der Waals surface area contributed by atoms with Gasteiger partial charge in [0.1, 0.15) is 11.4 Å². The lowest BCUT2D eigenvalue weighted by Gasteiger charge is -2.06. The number of rotatable bonds is 3. The van der Waals surface area contributed by atoms with Crippen LogP contribution in [0.2, 0.25) is 10.0 Å². The highest BCUT2D eigenvalue weighted by Crippen LogP contribution is 2.35. The highest BCUT2D eigenvalue weighted by Gasteiger charge is 2.17. The first-order valence-electron chi connectivity index (χ1n) is 7.80. The van der Waals surface area contributed by atoms with E-state index in [-0.39, 0.29) is 0 Å². The molecule has 1 N–H and O–H groups in total. The molecule has 0 saturated carbocycles. The van der Waals surface area contributed by atoms with Crippen LogP contribution in [-0.4, -0.2) is 28.7 Å². The van der Waals surface area contributed by atoms with E-state index in [1.807, 2.05) is 36.0 Å². The minimum atomic E-state index is 0.628. The Morgan fingerprint density at radius 2 is 2.04 bits per heavy atom. The third-order valence-electron chi connectivity index (χ3n) is 4.29. The lowest BCUT2D eigenvalue weighted by Crippen LogP contribution is -2.21. The van der Waals surface area contributed by atoms with E-state index in [0.717, 1.165) is 53.1 Å². The van der Waals surface area contributed by atoms with Crippen LogP contribution in [0.5, 0.6) is 0 Å². The van der Waals surface area contributed by atoms with Crippen molar-refractivity contribution in [3.8, 4) is 11.1 Å². The van der Waals surface area contributed by atoms with Gasteiger partial charge in [0, 0.05) is 46.6 Å². The standard InChI is InChI=1S/C18H16Cl2N4/c1-24-16(10-17-21-7-8-22-17)14-4-2-3-13(18(14)23-24)12-6-5-11(19)9-15(12)20/h2-6,9H,7-8,10H2,1H3,(H,21,22). The smallest absolute Gasteiger partial charge is 0.102 e. The molecule has 0 spiro atoms. The second kappa shape index (κ2) is 6.11. The predicted molar refractivity (Wildman–Crippen MR) is 100 cm³/mol.